The Labute approximate surface area is 155 Å². The smallest absolute Gasteiger partial charge is 0.408 e. The van der Waals surface area contributed by atoms with E-state index < -0.39 is 35.3 Å². The maximum Gasteiger partial charge on any atom is 0.408 e. The molecule has 1 atom stereocenters. The Morgan fingerprint density at radius 2 is 1.52 bits per heavy atom. The average molecular weight is 379 g/mol. The highest BCUT2D eigenvalue weighted by molar-refractivity contribution is 6.02. The summed E-state index contributed by atoms with van der Waals surface area (Å²) >= 11 is 0. The van der Waals surface area contributed by atoms with Crippen molar-refractivity contribution in [3.63, 3.8) is 0 Å². The van der Waals surface area contributed by atoms with Gasteiger partial charge in [-0.15, -0.1) is 0 Å². The molecule has 0 bridgehead atoms. The van der Waals surface area contributed by atoms with Gasteiger partial charge in [-0.3, -0.25) is 4.79 Å². The molecule has 0 saturated heterocycles. The first-order valence-corrected chi connectivity index (χ1v) is 8.23. The fraction of sp³-hybridized carbons (Fsp3) is 0.300. The summed E-state index contributed by atoms with van der Waals surface area (Å²) in [6.45, 7) is 4.73. The fourth-order valence-corrected chi connectivity index (χ4v) is 2.38. The van der Waals surface area contributed by atoms with Crippen LogP contribution in [-0.4, -0.2) is 23.4 Å². The zero-order chi connectivity index (χ0) is 20.2. The maximum atomic E-state index is 15.0. The number of alkyl carbamates (subject to hydrolysis) is 1. The van der Waals surface area contributed by atoms with E-state index in [2.05, 4.69) is 0 Å². The van der Waals surface area contributed by atoms with Crippen LogP contribution >= 0.6 is 0 Å². The normalized spacial score (nSPS) is 13.0. The van der Waals surface area contributed by atoms with E-state index in [1.165, 1.54) is 24.3 Å². The van der Waals surface area contributed by atoms with Gasteiger partial charge in [-0.25, -0.2) is 9.18 Å². The van der Waals surface area contributed by atoms with Crippen molar-refractivity contribution >= 4 is 11.9 Å². The third-order valence-electron chi connectivity index (χ3n) is 3.57. The number of halogens is 3. The molecule has 1 N–H and O–H groups in total. The Bertz CT molecular complexity index is 799. The van der Waals surface area contributed by atoms with Crippen LogP contribution in [-0.2, 0) is 4.74 Å². The van der Waals surface area contributed by atoms with Gasteiger partial charge >= 0.3 is 12.0 Å². The van der Waals surface area contributed by atoms with E-state index in [-0.39, 0.29) is 11.1 Å². The van der Waals surface area contributed by atoms with Crippen molar-refractivity contribution in [3.8, 4) is 0 Å². The number of carbonyl (C=O) groups is 2. The molecule has 0 fully saturated rings. The first-order chi connectivity index (χ1) is 12.5. The lowest BCUT2D eigenvalue weighted by molar-refractivity contribution is -0.0208. The van der Waals surface area contributed by atoms with Crippen molar-refractivity contribution in [2.45, 2.75) is 38.3 Å². The Morgan fingerprint density at radius 1 is 0.963 bits per heavy atom. The van der Waals surface area contributed by atoms with Crippen LogP contribution in [0.15, 0.2) is 54.6 Å². The topological polar surface area (TPSA) is 55.4 Å². The van der Waals surface area contributed by atoms with Crippen LogP contribution in [0.2, 0.25) is 0 Å². The van der Waals surface area contributed by atoms with Gasteiger partial charge in [0.25, 0.3) is 0 Å². The van der Waals surface area contributed by atoms with Crippen LogP contribution in [0.25, 0.3) is 0 Å². The van der Waals surface area contributed by atoms with Gasteiger partial charge in [0.2, 0.25) is 5.78 Å². The Hall–Kier alpha value is -2.83. The van der Waals surface area contributed by atoms with Gasteiger partial charge in [0, 0.05) is 5.56 Å². The first kappa shape index (κ1) is 20.5. The van der Waals surface area contributed by atoms with Gasteiger partial charge in [0.1, 0.15) is 17.5 Å². The average Bonchev–Trinajstić information content (AvgIpc) is 2.59. The van der Waals surface area contributed by atoms with Crippen molar-refractivity contribution in [1.29, 1.82) is 0 Å². The highest BCUT2D eigenvalue weighted by atomic mass is 19.3. The monoisotopic (exact) mass is 379 g/mol. The molecule has 7 heteroatoms. The van der Waals surface area contributed by atoms with Gasteiger partial charge in [-0.2, -0.15) is 8.78 Å². The van der Waals surface area contributed by atoms with Crippen LogP contribution in [0.5, 0.6) is 0 Å². The first-order valence-electron chi connectivity index (χ1n) is 8.23. The van der Waals surface area contributed by atoms with Crippen molar-refractivity contribution < 1.29 is 27.5 Å². The van der Waals surface area contributed by atoms with Crippen LogP contribution < -0.4 is 5.32 Å². The highest BCUT2D eigenvalue weighted by Gasteiger charge is 2.49. The standard InChI is InChI=1S/C20H20F3NO3/c1-19(2,3)27-18(26)24-16(13-9-11-15(21)12-10-13)20(22,23)17(25)14-7-5-4-6-8-14/h4-12,16H,1-3H3,(H,24,26)/t16-/m0/s1. The Morgan fingerprint density at radius 3 is 2.04 bits per heavy atom. The van der Waals surface area contributed by atoms with E-state index in [4.69, 9.17) is 4.74 Å². The third-order valence-corrected chi connectivity index (χ3v) is 3.57. The molecule has 0 aliphatic carbocycles. The predicted octanol–water partition coefficient (Wildman–Crippen LogP) is 4.91. The summed E-state index contributed by atoms with van der Waals surface area (Å²) < 4.78 is 48.3. The summed E-state index contributed by atoms with van der Waals surface area (Å²) in [7, 11) is 0. The van der Waals surface area contributed by atoms with E-state index in [1.54, 1.807) is 26.8 Å². The van der Waals surface area contributed by atoms with Crippen LogP contribution in [0, 0.1) is 5.82 Å². The molecule has 0 saturated carbocycles. The lowest BCUT2D eigenvalue weighted by Crippen LogP contribution is -2.47. The van der Waals surface area contributed by atoms with Crippen molar-refractivity contribution in [2.24, 2.45) is 0 Å². The second-order valence-electron chi connectivity index (χ2n) is 6.95. The zero-order valence-electron chi connectivity index (χ0n) is 15.1. The molecule has 27 heavy (non-hydrogen) atoms. The van der Waals surface area contributed by atoms with Gasteiger partial charge in [0.15, 0.2) is 0 Å². The molecule has 0 unspecified atom stereocenters. The third kappa shape index (κ3) is 5.32. The van der Waals surface area contributed by atoms with E-state index in [1.807, 2.05) is 5.32 Å². The molecule has 4 nitrogen and oxygen atoms in total. The summed E-state index contributed by atoms with van der Waals surface area (Å²) in [5.74, 6) is -6.09. The molecule has 144 valence electrons. The molecule has 0 heterocycles. The fourth-order valence-electron chi connectivity index (χ4n) is 2.38. The molecular formula is C20H20F3NO3. The Balaban J connectivity index is 2.39. The molecule has 2 rings (SSSR count). The number of hydrogen-bond acceptors (Lipinski definition) is 3. The molecule has 2 aromatic rings. The lowest BCUT2D eigenvalue weighted by atomic mass is 9.94. The van der Waals surface area contributed by atoms with Gasteiger partial charge in [0.05, 0.1) is 0 Å². The summed E-state index contributed by atoms with van der Waals surface area (Å²) in [5.41, 5.74) is -1.26. The second-order valence-corrected chi connectivity index (χ2v) is 6.95. The molecule has 0 aromatic heterocycles. The minimum absolute atomic E-state index is 0.128. The SMILES string of the molecule is CC(C)(C)OC(=O)N[C@@H](c1ccc(F)cc1)C(F)(F)C(=O)c1ccccc1. The maximum absolute atomic E-state index is 15.0. The second kappa shape index (κ2) is 7.82. The van der Waals surface area contributed by atoms with Crippen molar-refractivity contribution in [1.82, 2.24) is 5.32 Å². The summed E-state index contributed by atoms with van der Waals surface area (Å²) in [5, 5.41) is 2.05. The number of carbonyl (C=O) groups excluding carboxylic acids is 2. The number of rotatable bonds is 5. The van der Waals surface area contributed by atoms with Gasteiger partial charge < -0.3 is 10.1 Å². The number of ether oxygens (including phenoxy) is 1. The number of Topliss-reactive ketones (excluding diaryl/α,β-unsaturated/α-hetero) is 1. The lowest BCUT2D eigenvalue weighted by Gasteiger charge is -2.28. The van der Waals surface area contributed by atoms with Crippen molar-refractivity contribution in [3.05, 3.63) is 71.5 Å². The molecule has 1 amide bonds. The van der Waals surface area contributed by atoms with Crippen LogP contribution in [0.1, 0.15) is 42.7 Å². The van der Waals surface area contributed by atoms with E-state index >= 15 is 8.78 Å². The van der Waals surface area contributed by atoms with E-state index in [9.17, 15) is 14.0 Å². The molecular weight excluding hydrogens is 359 g/mol. The summed E-state index contributed by atoms with van der Waals surface area (Å²) in [6.07, 6.45) is -1.11. The number of benzene rings is 2. The van der Waals surface area contributed by atoms with Crippen LogP contribution in [0.4, 0.5) is 18.0 Å². The van der Waals surface area contributed by atoms with Gasteiger partial charge in [-0.1, -0.05) is 42.5 Å². The Kier molecular flexibility index (Phi) is 5.93. The summed E-state index contributed by atoms with van der Waals surface area (Å²) in [4.78, 5) is 24.5. The molecule has 0 aliphatic heterocycles. The quantitative estimate of drug-likeness (QED) is 0.751. The molecule has 0 spiro atoms. The molecule has 0 aliphatic rings. The number of alkyl halides is 2. The number of amides is 1. The minimum atomic E-state index is -3.99. The predicted molar refractivity (Wildman–Crippen MR) is 94.2 cm³/mol. The van der Waals surface area contributed by atoms with Crippen LogP contribution in [0.3, 0.4) is 0 Å². The van der Waals surface area contributed by atoms with Gasteiger partial charge in [-0.05, 0) is 38.5 Å². The zero-order valence-corrected chi connectivity index (χ0v) is 15.1. The van der Waals surface area contributed by atoms with E-state index in [0.29, 0.717) is 0 Å². The number of ketones is 1. The van der Waals surface area contributed by atoms with E-state index in [0.717, 1.165) is 24.3 Å². The number of hydrogen-bond donors (Lipinski definition) is 1. The number of nitrogens with one attached hydrogen (secondary N) is 1. The minimum Gasteiger partial charge on any atom is -0.444 e. The molecule has 2 aromatic carbocycles. The van der Waals surface area contributed by atoms with Crippen molar-refractivity contribution in [2.75, 3.05) is 0 Å². The highest BCUT2D eigenvalue weighted by Crippen LogP contribution is 2.35. The largest absolute Gasteiger partial charge is 0.444 e. The summed E-state index contributed by atoms with van der Waals surface area (Å²) in [6, 6.07) is 9.11. The molecule has 0 radical (unpaired) electrons.